The van der Waals surface area contributed by atoms with E-state index in [1.165, 1.54) is 19.2 Å². The summed E-state index contributed by atoms with van der Waals surface area (Å²) in [5, 5.41) is 11.7. The minimum absolute atomic E-state index is 0.161. The van der Waals surface area contributed by atoms with Crippen LogP contribution in [0.4, 0.5) is 5.69 Å². The number of carboxylic acids is 1. The minimum atomic E-state index is -1.01. The van der Waals surface area contributed by atoms with Crippen LogP contribution in [-0.2, 0) is 6.42 Å². The highest BCUT2D eigenvalue weighted by atomic mass is 16.5. The van der Waals surface area contributed by atoms with Gasteiger partial charge in [0.05, 0.1) is 19.8 Å². The zero-order valence-corrected chi connectivity index (χ0v) is 13.8. The lowest BCUT2D eigenvalue weighted by atomic mass is 10.0. The maximum atomic E-state index is 12.6. The van der Waals surface area contributed by atoms with Crippen molar-refractivity contribution in [3.63, 3.8) is 0 Å². The molecule has 0 unspecified atom stereocenters. The molecule has 2 rings (SSSR count). The number of ether oxygens (including phenoxy) is 2. The molecule has 0 spiro atoms. The number of rotatable bonds is 6. The molecule has 2 N–H and O–H groups in total. The SMILES string of the molecule is CCc1cc(OC)c(OC)cc1C(=O)Nc1ccc(C(=O)O)cc1. The van der Waals surface area contributed by atoms with Gasteiger partial charge in [-0.1, -0.05) is 6.92 Å². The van der Waals surface area contributed by atoms with Crippen molar-refractivity contribution in [2.75, 3.05) is 19.5 Å². The predicted molar refractivity (Wildman–Crippen MR) is 90.3 cm³/mol. The van der Waals surface area contributed by atoms with Gasteiger partial charge in [0.25, 0.3) is 5.91 Å². The molecule has 1 amide bonds. The Balaban J connectivity index is 2.30. The Morgan fingerprint density at radius 2 is 1.62 bits per heavy atom. The Hall–Kier alpha value is -3.02. The zero-order chi connectivity index (χ0) is 17.7. The Bertz CT molecular complexity index is 753. The smallest absolute Gasteiger partial charge is 0.335 e. The molecule has 0 aliphatic carbocycles. The van der Waals surface area contributed by atoms with E-state index in [1.54, 1.807) is 31.4 Å². The van der Waals surface area contributed by atoms with Crippen molar-refractivity contribution < 1.29 is 24.2 Å². The summed E-state index contributed by atoms with van der Waals surface area (Å²) in [5.41, 5.74) is 1.99. The third kappa shape index (κ3) is 3.65. The van der Waals surface area contributed by atoms with E-state index in [0.29, 0.717) is 29.2 Å². The van der Waals surface area contributed by atoms with Crippen LogP contribution in [0.25, 0.3) is 0 Å². The quantitative estimate of drug-likeness (QED) is 0.850. The van der Waals surface area contributed by atoms with Gasteiger partial charge in [-0.25, -0.2) is 4.79 Å². The number of anilines is 1. The highest BCUT2D eigenvalue weighted by molar-refractivity contribution is 6.06. The van der Waals surface area contributed by atoms with Crippen LogP contribution >= 0.6 is 0 Å². The number of hydrogen-bond donors (Lipinski definition) is 2. The van der Waals surface area contributed by atoms with Crippen molar-refractivity contribution in [1.82, 2.24) is 0 Å². The first kappa shape index (κ1) is 17.3. The van der Waals surface area contributed by atoms with Gasteiger partial charge < -0.3 is 19.9 Å². The van der Waals surface area contributed by atoms with Crippen LogP contribution in [0.1, 0.15) is 33.2 Å². The van der Waals surface area contributed by atoms with E-state index >= 15 is 0 Å². The van der Waals surface area contributed by atoms with Crippen molar-refractivity contribution in [3.05, 3.63) is 53.1 Å². The number of benzene rings is 2. The van der Waals surface area contributed by atoms with Crippen LogP contribution < -0.4 is 14.8 Å². The van der Waals surface area contributed by atoms with Crippen LogP contribution in [0.5, 0.6) is 11.5 Å². The molecule has 6 nitrogen and oxygen atoms in total. The van der Waals surface area contributed by atoms with Crippen molar-refractivity contribution in [3.8, 4) is 11.5 Å². The molecule has 126 valence electrons. The van der Waals surface area contributed by atoms with Crippen LogP contribution in [0.15, 0.2) is 36.4 Å². The molecule has 0 saturated carbocycles. The highest BCUT2D eigenvalue weighted by Crippen LogP contribution is 2.31. The van der Waals surface area contributed by atoms with E-state index in [4.69, 9.17) is 14.6 Å². The predicted octanol–water partition coefficient (Wildman–Crippen LogP) is 3.22. The van der Waals surface area contributed by atoms with Crippen molar-refractivity contribution in [2.45, 2.75) is 13.3 Å². The first-order valence-electron chi connectivity index (χ1n) is 7.39. The fraction of sp³-hybridized carbons (Fsp3) is 0.222. The van der Waals surface area contributed by atoms with Gasteiger partial charge in [-0.2, -0.15) is 0 Å². The summed E-state index contributed by atoms with van der Waals surface area (Å²) in [7, 11) is 3.05. The first-order chi connectivity index (χ1) is 11.5. The molecule has 0 radical (unpaired) electrons. The number of hydrogen-bond acceptors (Lipinski definition) is 4. The number of carbonyl (C=O) groups excluding carboxylic acids is 1. The molecule has 0 heterocycles. The summed E-state index contributed by atoms with van der Waals surface area (Å²) in [5.74, 6) is -0.269. The summed E-state index contributed by atoms with van der Waals surface area (Å²) in [6, 6.07) is 9.39. The number of aromatic carboxylic acids is 1. The van der Waals surface area contributed by atoms with E-state index in [1.807, 2.05) is 6.92 Å². The number of carbonyl (C=O) groups is 2. The zero-order valence-electron chi connectivity index (χ0n) is 13.8. The second kappa shape index (κ2) is 7.50. The first-order valence-corrected chi connectivity index (χ1v) is 7.39. The van der Waals surface area contributed by atoms with Gasteiger partial charge in [-0.3, -0.25) is 4.79 Å². The highest BCUT2D eigenvalue weighted by Gasteiger charge is 2.16. The van der Waals surface area contributed by atoms with Gasteiger partial charge >= 0.3 is 5.97 Å². The molecule has 24 heavy (non-hydrogen) atoms. The van der Waals surface area contributed by atoms with E-state index in [9.17, 15) is 9.59 Å². The van der Waals surface area contributed by atoms with Gasteiger partial charge in [0, 0.05) is 11.3 Å². The number of carboxylic acid groups (broad SMARTS) is 1. The van der Waals surface area contributed by atoms with E-state index in [2.05, 4.69) is 5.32 Å². The third-order valence-electron chi connectivity index (χ3n) is 3.62. The van der Waals surface area contributed by atoms with Crippen LogP contribution in [0.2, 0.25) is 0 Å². The average molecular weight is 329 g/mol. The Morgan fingerprint density at radius 1 is 1.04 bits per heavy atom. The van der Waals surface area contributed by atoms with Crippen LogP contribution in [-0.4, -0.2) is 31.2 Å². The fourth-order valence-electron chi connectivity index (χ4n) is 2.32. The van der Waals surface area contributed by atoms with Crippen molar-refractivity contribution in [2.24, 2.45) is 0 Å². The summed E-state index contributed by atoms with van der Waals surface area (Å²) in [6.07, 6.45) is 0.654. The lowest BCUT2D eigenvalue weighted by molar-refractivity contribution is 0.0696. The van der Waals surface area contributed by atoms with E-state index in [-0.39, 0.29) is 11.5 Å². The normalized spacial score (nSPS) is 10.1. The second-order valence-corrected chi connectivity index (χ2v) is 5.05. The molecule has 0 fully saturated rings. The maximum Gasteiger partial charge on any atom is 0.335 e. The second-order valence-electron chi connectivity index (χ2n) is 5.05. The number of methoxy groups -OCH3 is 2. The molecule has 0 aromatic heterocycles. The molecule has 0 saturated heterocycles. The Morgan fingerprint density at radius 3 is 2.12 bits per heavy atom. The van der Waals surface area contributed by atoms with Crippen molar-refractivity contribution >= 4 is 17.6 Å². The summed E-state index contributed by atoms with van der Waals surface area (Å²) in [6.45, 7) is 1.94. The number of amides is 1. The molecule has 0 aliphatic rings. The summed E-state index contributed by atoms with van der Waals surface area (Å²) < 4.78 is 10.5. The van der Waals surface area contributed by atoms with E-state index < -0.39 is 5.97 Å². The van der Waals surface area contributed by atoms with Gasteiger partial charge in [0.15, 0.2) is 11.5 Å². The fourth-order valence-corrected chi connectivity index (χ4v) is 2.32. The molecular weight excluding hydrogens is 310 g/mol. The Labute approximate surface area is 140 Å². The van der Waals surface area contributed by atoms with Gasteiger partial charge in [0.1, 0.15) is 0 Å². The van der Waals surface area contributed by atoms with Crippen LogP contribution in [0, 0.1) is 0 Å². The van der Waals surface area contributed by atoms with Gasteiger partial charge in [-0.05, 0) is 48.4 Å². The van der Waals surface area contributed by atoms with Crippen LogP contribution in [0.3, 0.4) is 0 Å². The number of aryl methyl sites for hydroxylation is 1. The molecule has 2 aromatic carbocycles. The largest absolute Gasteiger partial charge is 0.493 e. The third-order valence-corrected chi connectivity index (χ3v) is 3.62. The van der Waals surface area contributed by atoms with E-state index in [0.717, 1.165) is 5.56 Å². The molecule has 2 aromatic rings. The Kier molecular flexibility index (Phi) is 5.42. The number of nitrogens with one attached hydrogen (secondary N) is 1. The standard InChI is InChI=1S/C18H19NO5/c1-4-11-9-15(23-2)16(24-3)10-14(11)17(20)19-13-7-5-12(6-8-13)18(21)22/h5-10H,4H2,1-3H3,(H,19,20)(H,21,22). The van der Waals surface area contributed by atoms with Gasteiger partial charge in [-0.15, -0.1) is 0 Å². The monoisotopic (exact) mass is 329 g/mol. The van der Waals surface area contributed by atoms with Gasteiger partial charge in [0.2, 0.25) is 0 Å². The minimum Gasteiger partial charge on any atom is -0.493 e. The molecule has 0 bridgehead atoms. The molecular formula is C18H19NO5. The maximum absolute atomic E-state index is 12.6. The lowest BCUT2D eigenvalue weighted by Crippen LogP contribution is -2.15. The topological polar surface area (TPSA) is 84.9 Å². The summed E-state index contributed by atoms with van der Waals surface area (Å²) >= 11 is 0. The van der Waals surface area contributed by atoms with Crippen molar-refractivity contribution in [1.29, 1.82) is 0 Å². The lowest BCUT2D eigenvalue weighted by Gasteiger charge is -2.14. The average Bonchev–Trinajstić information content (AvgIpc) is 2.60. The molecule has 6 heteroatoms. The molecule has 0 aliphatic heterocycles. The molecule has 0 atom stereocenters. The summed E-state index contributed by atoms with van der Waals surface area (Å²) in [4.78, 5) is 23.4.